The van der Waals surface area contributed by atoms with Gasteiger partial charge in [-0.25, -0.2) is 4.68 Å². The van der Waals surface area contributed by atoms with Gasteiger partial charge in [-0.3, -0.25) is 9.78 Å². The van der Waals surface area contributed by atoms with E-state index in [1.165, 1.54) is 0 Å². The number of pyridine rings is 1. The molecule has 0 N–H and O–H groups in total. The minimum absolute atomic E-state index is 0.103. The van der Waals surface area contributed by atoms with Gasteiger partial charge in [0.25, 0.3) is 0 Å². The van der Waals surface area contributed by atoms with Gasteiger partial charge in [-0.15, -0.1) is 0 Å². The maximum atomic E-state index is 12.8. The van der Waals surface area contributed by atoms with Crippen molar-refractivity contribution >= 4 is 5.78 Å². The highest BCUT2D eigenvalue weighted by Gasteiger charge is 2.18. The number of hydrogen-bond donors (Lipinski definition) is 0. The number of aryl methyl sites for hydroxylation is 1. The predicted octanol–water partition coefficient (Wildman–Crippen LogP) is 3.06. The van der Waals surface area contributed by atoms with Crippen molar-refractivity contribution in [2.75, 3.05) is 0 Å². The van der Waals surface area contributed by atoms with Crippen LogP contribution in [0.2, 0.25) is 0 Å². The SMILES string of the molecule is CCc1cccnc1C(=O)c1ccnn1-c1ccccc1. The average Bonchev–Trinajstić information content (AvgIpc) is 3.04. The van der Waals surface area contributed by atoms with E-state index in [9.17, 15) is 4.79 Å². The summed E-state index contributed by atoms with van der Waals surface area (Å²) >= 11 is 0. The molecule has 4 heteroatoms. The van der Waals surface area contributed by atoms with E-state index in [-0.39, 0.29) is 5.78 Å². The number of carbonyl (C=O) groups is 1. The Kier molecular flexibility index (Phi) is 3.60. The molecule has 3 rings (SSSR count). The van der Waals surface area contributed by atoms with Crippen molar-refractivity contribution in [2.24, 2.45) is 0 Å². The van der Waals surface area contributed by atoms with Crippen LogP contribution < -0.4 is 0 Å². The molecular weight excluding hydrogens is 262 g/mol. The highest BCUT2D eigenvalue weighted by atomic mass is 16.1. The van der Waals surface area contributed by atoms with Crippen LogP contribution in [0.25, 0.3) is 5.69 Å². The van der Waals surface area contributed by atoms with Crippen LogP contribution >= 0.6 is 0 Å². The molecule has 0 saturated heterocycles. The molecule has 3 aromatic rings. The fourth-order valence-electron chi connectivity index (χ4n) is 2.30. The van der Waals surface area contributed by atoms with Crippen molar-refractivity contribution in [1.29, 1.82) is 0 Å². The van der Waals surface area contributed by atoms with Crippen LogP contribution in [-0.2, 0) is 6.42 Å². The quantitative estimate of drug-likeness (QED) is 0.689. The number of hydrogen-bond acceptors (Lipinski definition) is 3. The summed E-state index contributed by atoms with van der Waals surface area (Å²) < 4.78 is 1.65. The van der Waals surface area contributed by atoms with Crippen LogP contribution in [0.4, 0.5) is 0 Å². The summed E-state index contributed by atoms with van der Waals surface area (Å²) in [6.45, 7) is 2.02. The second-order valence-electron chi connectivity index (χ2n) is 4.66. The molecule has 2 heterocycles. The number of ketones is 1. The number of carbonyl (C=O) groups excluding carboxylic acids is 1. The summed E-state index contributed by atoms with van der Waals surface area (Å²) in [7, 11) is 0. The minimum atomic E-state index is -0.103. The van der Waals surface area contributed by atoms with Crippen molar-refractivity contribution in [1.82, 2.24) is 14.8 Å². The lowest BCUT2D eigenvalue weighted by atomic mass is 10.1. The van der Waals surface area contributed by atoms with Crippen LogP contribution in [-0.4, -0.2) is 20.5 Å². The van der Waals surface area contributed by atoms with Gasteiger partial charge in [0.15, 0.2) is 0 Å². The van der Waals surface area contributed by atoms with Crippen molar-refractivity contribution in [3.63, 3.8) is 0 Å². The van der Waals surface area contributed by atoms with Crippen molar-refractivity contribution in [2.45, 2.75) is 13.3 Å². The lowest BCUT2D eigenvalue weighted by Gasteiger charge is -2.08. The van der Waals surface area contributed by atoms with Gasteiger partial charge in [-0.1, -0.05) is 31.2 Å². The van der Waals surface area contributed by atoms with Crippen molar-refractivity contribution < 1.29 is 4.79 Å². The van der Waals surface area contributed by atoms with Gasteiger partial charge >= 0.3 is 0 Å². The molecule has 104 valence electrons. The molecule has 0 saturated carbocycles. The Morgan fingerprint density at radius 2 is 1.86 bits per heavy atom. The minimum Gasteiger partial charge on any atom is -0.285 e. The first-order chi connectivity index (χ1) is 10.3. The van der Waals surface area contributed by atoms with Crippen LogP contribution in [0.15, 0.2) is 60.9 Å². The fourth-order valence-corrected chi connectivity index (χ4v) is 2.30. The Hall–Kier alpha value is -2.75. The number of para-hydroxylation sites is 1. The number of nitrogens with zero attached hydrogens (tertiary/aromatic N) is 3. The maximum absolute atomic E-state index is 12.8. The molecule has 21 heavy (non-hydrogen) atoms. The van der Waals surface area contributed by atoms with E-state index < -0.39 is 0 Å². The summed E-state index contributed by atoms with van der Waals surface area (Å²) in [6.07, 6.45) is 4.05. The standard InChI is InChI=1S/C17H15N3O/c1-2-13-7-6-11-18-16(13)17(21)15-10-12-19-20(15)14-8-4-3-5-9-14/h3-12H,2H2,1H3. The molecule has 0 aliphatic rings. The van der Waals surface area contributed by atoms with Crippen LogP contribution in [0.3, 0.4) is 0 Å². The first-order valence-corrected chi connectivity index (χ1v) is 6.89. The lowest BCUT2D eigenvalue weighted by Crippen LogP contribution is -2.13. The van der Waals surface area contributed by atoms with E-state index in [0.717, 1.165) is 17.7 Å². The largest absolute Gasteiger partial charge is 0.285 e. The predicted molar refractivity (Wildman–Crippen MR) is 80.6 cm³/mol. The highest BCUT2D eigenvalue weighted by molar-refractivity contribution is 6.07. The average molecular weight is 277 g/mol. The molecule has 0 bridgehead atoms. The normalized spacial score (nSPS) is 10.5. The fraction of sp³-hybridized carbons (Fsp3) is 0.118. The summed E-state index contributed by atoms with van der Waals surface area (Å²) in [5.41, 5.74) is 2.83. The zero-order valence-corrected chi connectivity index (χ0v) is 11.7. The second kappa shape index (κ2) is 5.71. The van der Waals surface area contributed by atoms with E-state index in [1.807, 2.05) is 49.4 Å². The molecule has 0 aliphatic carbocycles. The third kappa shape index (κ3) is 2.48. The first kappa shape index (κ1) is 13.2. The molecular formula is C17H15N3O. The van der Waals surface area contributed by atoms with Gasteiger partial charge in [0.05, 0.1) is 11.9 Å². The molecule has 0 atom stereocenters. The molecule has 2 aromatic heterocycles. The van der Waals surface area contributed by atoms with E-state index >= 15 is 0 Å². The van der Waals surface area contributed by atoms with Crippen LogP contribution in [0.1, 0.15) is 28.7 Å². The maximum Gasteiger partial charge on any atom is 0.230 e. The molecule has 0 radical (unpaired) electrons. The summed E-state index contributed by atoms with van der Waals surface area (Å²) in [6, 6.07) is 15.1. The van der Waals surface area contributed by atoms with Gasteiger partial charge < -0.3 is 0 Å². The van der Waals surface area contributed by atoms with Gasteiger partial charge in [-0.05, 0) is 36.2 Å². The highest BCUT2D eigenvalue weighted by Crippen LogP contribution is 2.16. The summed E-state index contributed by atoms with van der Waals surface area (Å²) in [5, 5.41) is 4.26. The Balaban J connectivity index is 2.06. The van der Waals surface area contributed by atoms with Crippen molar-refractivity contribution in [3.8, 4) is 5.69 Å². The molecule has 4 nitrogen and oxygen atoms in total. The van der Waals surface area contributed by atoms with E-state index in [2.05, 4.69) is 10.1 Å². The van der Waals surface area contributed by atoms with Gasteiger partial charge in [0.1, 0.15) is 11.4 Å². The number of benzene rings is 1. The summed E-state index contributed by atoms with van der Waals surface area (Å²) in [5.74, 6) is -0.103. The van der Waals surface area contributed by atoms with Crippen molar-refractivity contribution in [3.05, 3.63) is 77.9 Å². The molecule has 0 fully saturated rings. The Bertz CT molecular complexity index is 762. The van der Waals surface area contributed by atoms with Gasteiger partial charge in [0.2, 0.25) is 5.78 Å². The zero-order valence-electron chi connectivity index (χ0n) is 11.7. The Morgan fingerprint density at radius 3 is 2.62 bits per heavy atom. The van der Waals surface area contributed by atoms with Crippen LogP contribution in [0.5, 0.6) is 0 Å². The van der Waals surface area contributed by atoms with Crippen LogP contribution in [0, 0.1) is 0 Å². The monoisotopic (exact) mass is 277 g/mol. The Morgan fingerprint density at radius 1 is 1.05 bits per heavy atom. The number of aromatic nitrogens is 3. The molecule has 1 aromatic carbocycles. The third-order valence-corrected chi connectivity index (χ3v) is 3.36. The van der Waals surface area contributed by atoms with E-state index in [1.54, 1.807) is 23.1 Å². The lowest BCUT2D eigenvalue weighted by molar-refractivity contribution is 0.102. The van der Waals surface area contributed by atoms with Gasteiger partial charge in [0, 0.05) is 6.20 Å². The molecule has 0 aliphatic heterocycles. The topological polar surface area (TPSA) is 47.8 Å². The van der Waals surface area contributed by atoms with E-state index in [0.29, 0.717) is 11.4 Å². The molecule has 0 unspecified atom stereocenters. The first-order valence-electron chi connectivity index (χ1n) is 6.89. The molecule has 0 amide bonds. The molecule has 0 spiro atoms. The summed E-state index contributed by atoms with van der Waals surface area (Å²) in [4.78, 5) is 17.0. The third-order valence-electron chi connectivity index (χ3n) is 3.36. The van der Waals surface area contributed by atoms with Gasteiger partial charge in [-0.2, -0.15) is 5.10 Å². The van der Waals surface area contributed by atoms with E-state index in [4.69, 9.17) is 0 Å². The smallest absolute Gasteiger partial charge is 0.230 e. The zero-order chi connectivity index (χ0) is 14.7. The Labute approximate surface area is 123 Å². The number of rotatable bonds is 4. The second-order valence-corrected chi connectivity index (χ2v) is 4.66.